The van der Waals surface area contributed by atoms with Gasteiger partial charge >= 0.3 is 0 Å². The second-order valence-electron chi connectivity index (χ2n) is 10.1. The highest BCUT2D eigenvalue weighted by molar-refractivity contribution is 6.04. The molecule has 0 N–H and O–H groups in total. The lowest BCUT2D eigenvalue weighted by Crippen LogP contribution is -2.50. The molecular weight excluding hydrogens is 350 g/mol. The third kappa shape index (κ3) is 7.00. The van der Waals surface area contributed by atoms with E-state index in [1.807, 2.05) is 27.7 Å². The van der Waals surface area contributed by atoms with Crippen molar-refractivity contribution in [3.8, 4) is 0 Å². The summed E-state index contributed by atoms with van der Waals surface area (Å²) in [6.07, 6.45) is 12.2. The molecule has 2 unspecified atom stereocenters. The summed E-state index contributed by atoms with van der Waals surface area (Å²) in [5.74, 6) is 0.0577. The summed E-state index contributed by atoms with van der Waals surface area (Å²) in [6.45, 7) is 12.0. The number of amides is 2. The van der Waals surface area contributed by atoms with Crippen molar-refractivity contribution in [1.29, 1.82) is 0 Å². The molecule has 1 aliphatic heterocycles. The van der Waals surface area contributed by atoms with E-state index in [0.717, 1.165) is 38.4 Å². The molecule has 0 bridgehead atoms. The molecule has 0 aromatic heterocycles. The number of likely N-dealkylation sites (tertiary alicyclic amines) is 1. The Kier molecular flexibility index (Phi) is 9.86. The molecule has 4 nitrogen and oxygen atoms in total. The summed E-state index contributed by atoms with van der Waals surface area (Å²) in [5, 5.41) is 0. The Morgan fingerprint density at radius 3 is 2.11 bits per heavy atom. The van der Waals surface area contributed by atoms with Crippen molar-refractivity contribution >= 4 is 18.1 Å². The summed E-state index contributed by atoms with van der Waals surface area (Å²) < 4.78 is 0. The molecule has 0 aliphatic carbocycles. The van der Waals surface area contributed by atoms with E-state index in [1.165, 1.54) is 30.6 Å². The summed E-state index contributed by atoms with van der Waals surface area (Å²) in [5.41, 5.74) is -1.19. The van der Waals surface area contributed by atoms with Crippen LogP contribution in [-0.2, 0) is 14.4 Å². The lowest BCUT2D eigenvalue weighted by atomic mass is 9.80. The zero-order valence-electron chi connectivity index (χ0n) is 19.2. The average molecular weight is 394 g/mol. The van der Waals surface area contributed by atoms with Gasteiger partial charge in [-0.1, -0.05) is 72.6 Å². The van der Waals surface area contributed by atoms with Gasteiger partial charge in [-0.2, -0.15) is 0 Å². The SMILES string of the molecule is CCCCCCCC(CCCC)C1CC(=O)N(C(C)(C)CC(C)(C)C=O)C1=O. The Hall–Kier alpha value is -1.19. The lowest BCUT2D eigenvalue weighted by Gasteiger charge is -2.38. The highest BCUT2D eigenvalue weighted by atomic mass is 16.2. The van der Waals surface area contributed by atoms with E-state index in [-0.39, 0.29) is 17.7 Å². The van der Waals surface area contributed by atoms with E-state index in [4.69, 9.17) is 0 Å². The van der Waals surface area contributed by atoms with Crippen LogP contribution in [0.5, 0.6) is 0 Å². The monoisotopic (exact) mass is 393 g/mol. The number of nitrogens with zero attached hydrogens (tertiary/aromatic N) is 1. The first-order chi connectivity index (χ1) is 13.1. The Bertz CT molecular complexity index is 524. The Morgan fingerprint density at radius 1 is 0.964 bits per heavy atom. The van der Waals surface area contributed by atoms with Crippen molar-refractivity contribution in [1.82, 2.24) is 4.90 Å². The second-order valence-corrected chi connectivity index (χ2v) is 10.1. The van der Waals surface area contributed by atoms with E-state index < -0.39 is 11.0 Å². The Labute approximate surface area is 172 Å². The lowest BCUT2D eigenvalue weighted by molar-refractivity contribution is -0.147. The van der Waals surface area contributed by atoms with Crippen LogP contribution in [0.1, 0.15) is 112 Å². The fourth-order valence-electron chi connectivity index (χ4n) is 4.92. The first kappa shape index (κ1) is 24.8. The first-order valence-electron chi connectivity index (χ1n) is 11.4. The number of unbranched alkanes of at least 4 members (excludes halogenated alkanes) is 5. The minimum Gasteiger partial charge on any atom is -0.303 e. The zero-order chi connectivity index (χ0) is 21.4. The van der Waals surface area contributed by atoms with Crippen LogP contribution >= 0.6 is 0 Å². The Balaban J connectivity index is 2.86. The van der Waals surface area contributed by atoms with Crippen molar-refractivity contribution in [3.05, 3.63) is 0 Å². The minimum atomic E-state index is -0.635. The van der Waals surface area contributed by atoms with Crippen LogP contribution in [-0.4, -0.2) is 28.5 Å². The van der Waals surface area contributed by atoms with E-state index in [1.54, 1.807) is 0 Å². The molecule has 0 saturated carbocycles. The molecule has 0 radical (unpaired) electrons. The average Bonchev–Trinajstić information content (AvgIpc) is 2.91. The van der Waals surface area contributed by atoms with Gasteiger partial charge in [0.15, 0.2) is 0 Å². The van der Waals surface area contributed by atoms with Gasteiger partial charge in [-0.05, 0) is 39.0 Å². The number of aldehydes is 1. The molecule has 0 aromatic rings. The van der Waals surface area contributed by atoms with E-state index in [0.29, 0.717) is 18.8 Å². The standard InChI is InChI=1S/C24H43NO3/c1-7-9-11-12-13-15-19(14-10-8-2)20-16-21(27)25(22(20)28)24(5,6)17-23(3,4)18-26/h18-20H,7-17H2,1-6H3. The first-order valence-corrected chi connectivity index (χ1v) is 11.4. The normalized spacial score (nSPS) is 19.4. The van der Waals surface area contributed by atoms with Crippen molar-refractivity contribution in [2.24, 2.45) is 17.3 Å². The highest BCUT2D eigenvalue weighted by Crippen LogP contribution is 2.39. The molecule has 2 atom stereocenters. The molecule has 1 heterocycles. The molecule has 1 fully saturated rings. The number of imide groups is 1. The number of carbonyl (C=O) groups is 3. The van der Waals surface area contributed by atoms with Gasteiger partial charge < -0.3 is 4.79 Å². The summed E-state index contributed by atoms with van der Waals surface area (Å²) in [6, 6.07) is 0. The fourth-order valence-corrected chi connectivity index (χ4v) is 4.92. The van der Waals surface area contributed by atoms with Gasteiger partial charge in [0.2, 0.25) is 11.8 Å². The van der Waals surface area contributed by atoms with Gasteiger partial charge in [0.05, 0.1) is 5.92 Å². The molecule has 0 spiro atoms. The number of rotatable bonds is 14. The maximum Gasteiger partial charge on any atom is 0.233 e. The summed E-state index contributed by atoms with van der Waals surface area (Å²) in [7, 11) is 0. The summed E-state index contributed by atoms with van der Waals surface area (Å²) >= 11 is 0. The van der Waals surface area contributed by atoms with Crippen LogP contribution in [0.25, 0.3) is 0 Å². The number of hydrogen-bond acceptors (Lipinski definition) is 3. The maximum absolute atomic E-state index is 13.3. The molecular formula is C24H43NO3. The molecule has 1 saturated heterocycles. The van der Waals surface area contributed by atoms with Crippen molar-refractivity contribution in [2.75, 3.05) is 0 Å². The second kappa shape index (κ2) is 11.1. The van der Waals surface area contributed by atoms with Crippen LogP contribution < -0.4 is 0 Å². The predicted molar refractivity (Wildman–Crippen MR) is 115 cm³/mol. The number of carbonyl (C=O) groups excluding carboxylic acids is 3. The van der Waals surface area contributed by atoms with Crippen LogP contribution in [0.4, 0.5) is 0 Å². The molecule has 0 aromatic carbocycles. The number of hydrogen-bond donors (Lipinski definition) is 0. The third-order valence-electron chi connectivity index (χ3n) is 6.17. The van der Waals surface area contributed by atoms with Crippen LogP contribution in [0.3, 0.4) is 0 Å². The van der Waals surface area contributed by atoms with Crippen molar-refractivity contribution < 1.29 is 14.4 Å². The highest BCUT2D eigenvalue weighted by Gasteiger charge is 2.49. The van der Waals surface area contributed by atoms with Gasteiger partial charge in [0.1, 0.15) is 6.29 Å². The smallest absolute Gasteiger partial charge is 0.233 e. The van der Waals surface area contributed by atoms with Gasteiger partial charge in [-0.3, -0.25) is 14.5 Å². The van der Waals surface area contributed by atoms with Crippen LogP contribution in [0.15, 0.2) is 0 Å². The van der Waals surface area contributed by atoms with Gasteiger partial charge in [-0.25, -0.2) is 0 Å². The fraction of sp³-hybridized carbons (Fsp3) is 0.875. The van der Waals surface area contributed by atoms with E-state index >= 15 is 0 Å². The van der Waals surface area contributed by atoms with Gasteiger partial charge in [0.25, 0.3) is 0 Å². The van der Waals surface area contributed by atoms with E-state index in [2.05, 4.69) is 13.8 Å². The molecule has 2 amide bonds. The predicted octanol–water partition coefficient (Wildman–Crippen LogP) is 5.92. The van der Waals surface area contributed by atoms with Gasteiger partial charge in [0, 0.05) is 17.4 Å². The zero-order valence-corrected chi connectivity index (χ0v) is 19.2. The molecule has 162 valence electrons. The minimum absolute atomic E-state index is 0.00800. The largest absolute Gasteiger partial charge is 0.303 e. The van der Waals surface area contributed by atoms with Crippen molar-refractivity contribution in [3.63, 3.8) is 0 Å². The van der Waals surface area contributed by atoms with Crippen LogP contribution in [0.2, 0.25) is 0 Å². The summed E-state index contributed by atoms with van der Waals surface area (Å²) in [4.78, 5) is 39.0. The van der Waals surface area contributed by atoms with Gasteiger partial charge in [-0.15, -0.1) is 0 Å². The third-order valence-corrected chi connectivity index (χ3v) is 6.17. The molecule has 1 rings (SSSR count). The topological polar surface area (TPSA) is 54.5 Å². The van der Waals surface area contributed by atoms with Crippen molar-refractivity contribution in [2.45, 2.75) is 118 Å². The van der Waals surface area contributed by atoms with Crippen LogP contribution in [0, 0.1) is 17.3 Å². The maximum atomic E-state index is 13.3. The quantitative estimate of drug-likeness (QED) is 0.209. The molecule has 1 aliphatic rings. The van der Waals surface area contributed by atoms with E-state index in [9.17, 15) is 14.4 Å². The molecule has 4 heteroatoms. The molecule has 28 heavy (non-hydrogen) atoms. The Morgan fingerprint density at radius 2 is 1.54 bits per heavy atom.